The highest BCUT2D eigenvalue weighted by molar-refractivity contribution is 7.90. The molecule has 3 rings (SSSR count). The normalized spacial score (nSPS) is 14.0. The van der Waals surface area contributed by atoms with Crippen molar-refractivity contribution in [2.75, 3.05) is 13.4 Å². The summed E-state index contributed by atoms with van der Waals surface area (Å²) in [6.45, 7) is 4.53. The first-order chi connectivity index (χ1) is 11.2. The lowest BCUT2D eigenvalue weighted by molar-refractivity contribution is 0.0965. The molecule has 0 unspecified atom stereocenters. The fraction of sp³-hybridized carbons (Fsp3) is 0.353. The molecule has 24 heavy (non-hydrogen) atoms. The summed E-state index contributed by atoms with van der Waals surface area (Å²) in [6.07, 6.45) is 1.17. The molecule has 1 aliphatic rings. The number of methoxy groups -OCH3 is 1. The molecule has 0 saturated carbocycles. The van der Waals surface area contributed by atoms with E-state index in [0.717, 1.165) is 11.4 Å². The largest absolute Gasteiger partial charge is 0.496 e. The maximum Gasteiger partial charge on any atom is 0.253 e. The van der Waals surface area contributed by atoms with Crippen LogP contribution in [0.3, 0.4) is 0 Å². The van der Waals surface area contributed by atoms with E-state index >= 15 is 0 Å². The molecule has 0 atom stereocenters. The number of carbonyl (C=O) groups excluding carboxylic acids is 1. The lowest BCUT2D eigenvalue weighted by Gasteiger charge is -2.18. The predicted octanol–water partition coefficient (Wildman–Crippen LogP) is 2.39. The summed E-state index contributed by atoms with van der Waals surface area (Å²) in [5.74, 6) is 0.463. The van der Waals surface area contributed by atoms with Crippen LogP contribution in [0.1, 0.15) is 35.9 Å². The van der Waals surface area contributed by atoms with Crippen LogP contribution in [0.5, 0.6) is 5.75 Å². The molecule has 0 fully saturated rings. The minimum Gasteiger partial charge on any atom is -0.496 e. The second-order valence-electron chi connectivity index (χ2n) is 6.17. The number of benzene rings is 1. The molecule has 0 aliphatic carbocycles. The fourth-order valence-corrected chi connectivity index (χ4v) is 3.76. The Balaban J connectivity index is 2.30. The van der Waals surface area contributed by atoms with Crippen LogP contribution in [-0.4, -0.2) is 32.3 Å². The van der Waals surface area contributed by atoms with Crippen molar-refractivity contribution in [3.63, 3.8) is 0 Å². The molecule has 0 spiro atoms. The zero-order valence-electron chi connectivity index (χ0n) is 14.1. The molecule has 7 heteroatoms. The highest BCUT2D eigenvalue weighted by Gasteiger charge is 2.28. The summed E-state index contributed by atoms with van der Waals surface area (Å²) in [6, 6.07) is 6.70. The first-order valence-corrected chi connectivity index (χ1v) is 9.54. The van der Waals surface area contributed by atoms with Crippen LogP contribution in [0.15, 0.2) is 29.2 Å². The quantitative estimate of drug-likeness (QED) is 0.920. The van der Waals surface area contributed by atoms with E-state index in [1.807, 2.05) is 19.9 Å². The molecular formula is C17H20N2O4S. The Morgan fingerprint density at radius 2 is 1.92 bits per heavy atom. The molecule has 2 aromatic rings. The third-order valence-corrected chi connectivity index (χ3v) is 5.30. The third-order valence-electron chi connectivity index (χ3n) is 4.19. The van der Waals surface area contributed by atoms with E-state index in [1.165, 1.54) is 12.3 Å². The highest BCUT2D eigenvalue weighted by atomic mass is 32.2. The lowest BCUT2D eigenvalue weighted by Crippen LogP contribution is -2.15. The van der Waals surface area contributed by atoms with E-state index in [0.29, 0.717) is 23.4 Å². The van der Waals surface area contributed by atoms with Crippen LogP contribution >= 0.6 is 0 Å². The summed E-state index contributed by atoms with van der Waals surface area (Å²) in [5.41, 5.74) is 2.99. The number of hydrogen-bond acceptors (Lipinski definition) is 4. The van der Waals surface area contributed by atoms with Crippen molar-refractivity contribution in [1.82, 2.24) is 9.88 Å². The second-order valence-corrected chi connectivity index (χ2v) is 8.19. The molecule has 1 aromatic carbocycles. The molecular weight excluding hydrogens is 328 g/mol. The molecule has 6 nitrogen and oxygen atoms in total. The molecule has 128 valence electrons. The van der Waals surface area contributed by atoms with E-state index in [2.05, 4.69) is 9.88 Å². The van der Waals surface area contributed by atoms with E-state index in [1.54, 1.807) is 19.2 Å². The molecule has 0 radical (unpaired) electrons. The molecule has 0 saturated heterocycles. The first-order valence-electron chi connectivity index (χ1n) is 7.64. The molecule has 1 amide bonds. The average molecular weight is 348 g/mol. The number of sulfone groups is 1. The van der Waals surface area contributed by atoms with Gasteiger partial charge in [-0.1, -0.05) is 0 Å². The molecule has 1 aromatic heterocycles. The number of rotatable bonds is 4. The van der Waals surface area contributed by atoms with Crippen molar-refractivity contribution in [3.8, 4) is 17.0 Å². The van der Waals surface area contributed by atoms with Gasteiger partial charge in [0.2, 0.25) is 0 Å². The van der Waals surface area contributed by atoms with Gasteiger partial charge in [0.1, 0.15) is 5.75 Å². The van der Waals surface area contributed by atoms with E-state index < -0.39 is 9.84 Å². The van der Waals surface area contributed by atoms with Gasteiger partial charge >= 0.3 is 0 Å². The maximum atomic E-state index is 12.0. The minimum atomic E-state index is -3.34. The van der Waals surface area contributed by atoms with Gasteiger partial charge in [-0.3, -0.25) is 4.79 Å². The summed E-state index contributed by atoms with van der Waals surface area (Å²) in [7, 11) is -1.80. The van der Waals surface area contributed by atoms with Crippen LogP contribution in [0.25, 0.3) is 11.3 Å². The molecule has 1 N–H and O–H groups in total. The summed E-state index contributed by atoms with van der Waals surface area (Å²) < 4.78 is 31.3. The average Bonchev–Trinajstić information content (AvgIpc) is 3.05. The summed E-state index contributed by atoms with van der Waals surface area (Å²) in [4.78, 5) is 12.2. The fourth-order valence-electron chi connectivity index (χ4n) is 3.12. The predicted molar refractivity (Wildman–Crippen MR) is 91.1 cm³/mol. The van der Waals surface area contributed by atoms with Crippen molar-refractivity contribution < 1.29 is 17.9 Å². The van der Waals surface area contributed by atoms with Gasteiger partial charge < -0.3 is 14.6 Å². The topological polar surface area (TPSA) is 77.4 Å². The van der Waals surface area contributed by atoms with Crippen molar-refractivity contribution >= 4 is 15.7 Å². The van der Waals surface area contributed by atoms with Gasteiger partial charge in [-0.15, -0.1) is 0 Å². The number of fused-ring (bicyclic) bond motifs is 1. The number of carbonyl (C=O) groups is 1. The first kappa shape index (κ1) is 16.6. The third kappa shape index (κ3) is 2.58. The number of aromatic nitrogens is 1. The number of amides is 1. The standard InChI is InChI=1S/C17H20N2O4S/c1-10(2)19-14(8-13-15(19)9-18-17(13)20)12-7-11(24(4,21)22)5-6-16(12)23-3/h5-8,10H,9H2,1-4H3,(H,18,20). The van der Waals surface area contributed by atoms with E-state index in [4.69, 9.17) is 4.74 Å². The van der Waals surface area contributed by atoms with Gasteiger partial charge in [-0.2, -0.15) is 0 Å². The Bertz CT molecular complexity index is 926. The zero-order valence-corrected chi connectivity index (χ0v) is 14.9. The Hall–Kier alpha value is -2.28. The van der Waals surface area contributed by atoms with Crippen molar-refractivity contribution in [2.45, 2.75) is 31.3 Å². The van der Waals surface area contributed by atoms with E-state index in [9.17, 15) is 13.2 Å². The molecule has 1 aliphatic heterocycles. The van der Waals surface area contributed by atoms with E-state index in [-0.39, 0.29) is 16.8 Å². The molecule has 2 heterocycles. The Morgan fingerprint density at radius 3 is 2.50 bits per heavy atom. The lowest BCUT2D eigenvalue weighted by atomic mass is 10.1. The van der Waals surface area contributed by atoms with Crippen LogP contribution in [0, 0.1) is 0 Å². The minimum absolute atomic E-state index is 0.108. The Labute approximate surface area is 141 Å². The number of ether oxygens (including phenoxy) is 1. The Morgan fingerprint density at radius 1 is 1.21 bits per heavy atom. The van der Waals surface area contributed by atoms with Crippen molar-refractivity contribution in [1.29, 1.82) is 0 Å². The van der Waals surface area contributed by atoms with Crippen LogP contribution in [0.4, 0.5) is 0 Å². The van der Waals surface area contributed by atoms with Crippen molar-refractivity contribution in [3.05, 3.63) is 35.5 Å². The molecule has 0 bridgehead atoms. The van der Waals surface area contributed by atoms with Crippen LogP contribution in [0.2, 0.25) is 0 Å². The maximum absolute atomic E-state index is 12.0. The monoisotopic (exact) mass is 348 g/mol. The summed E-state index contributed by atoms with van der Waals surface area (Å²) >= 11 is 0. The SMILES string of the molecule is COc1ccc(S(C)(=O)=O)cc1-c1cc2c(n1C(C)C)CNC2=O. The Kier molecular flexibility index (Phi) is 3.91. The van der Waals surface area contributed by atoms with Gasteiger partial charge in [-0.25, -0.2) is 8.42 Å². The van der Waals surface area contributed by atoms with Crippen molar-refractivity contribution in [2.24, 2.45) is 0 Å². The smallest absolute Gasteiger partial charge is 0.253 e. The number of nitrogens with one attached hydrogen (secondary N) is 1. The number of nitrogens with zero attached hydrogens (tertiary/aromatic N) is 1. The van der Waals surface area contributed by atoms with Gasteiger partial charge in [-0.05, 0) is 38.1 Å². The zero-order chi connectivity index (χ0) is 17.6. The van der Waals surface area contributed by atoms with Gasteiger partial charge in [0.15, 0.2) is 9.84 Å². The summed E-state index contributed by atoms with van der Waals surface area (Å²) in [5, 5.41) is 2.82. The van der Waals surface area contributed by atoms with Gasteiger partial charge in [0, 0.05) is 17.9 Å². The van der Waals surface area contributed by atoms with Gasteiger partial charge in [0.05, 0.1) is 35.5 Å². The van der Waals surface area contributed by atoms with Gasteiger partial charge in [0.25, 0.3) is 5.91 Å². The number of hydrogen-bond donors (Lipinski definition) is 1. The van der Waals surface area contributed by atoms with Crippen LogP contribution in [-0.2, 0) is 16.4 Å². The van der Waals surface area contributed by atoms with Crippen LogP contribution < -0.4 is 10.1 Å². The highest BCUT2D eigenvalue weighted by Crippen LogP contribution is 2.37. The second kappa shape index (κ2) is 5.66.